The molecule has 1 nitrogen and oxygen atoms in total. The summed E-state index contributed by atoms with van der Waals surface area (Å²) in [6.07, 6.45) is 5.72. The van der Waals surface area contributed by atoms with Crippen molar-refractivity contribution in [1.82, 2.24) is 0 Å². The van der Waals surface area contributed by atoms with Crippen molar-refractivity contribution < 1.29 is 4.79 Å². The van der Waals surface area contributed by atoms with Crippen LogP contribution in [0.15, 0.2) is 18.2 Å². The van der Waals surface area contributed by atoms with Gasteiger partial charge in [-0.1, -0.05) is 44.9 Å². The van der Waals surface area contributed by atoms with Crippen LogP contribution >= 0.6 is 0 Å². The van der Waals surface area contributed by atoms with Gasteiger partial charge in [-0.3, -0.25) is 4.79 Å². The molecule has 0 heterocycles. The van der Waals surface area contributed by atoms with Gasteiger partial charge in [-0.2, -0.15) is 0 Å². The van der Waals surface area contributed by atoms with Crippen molar-refractivity contribution in [3.8, 4) is 0 Å². The fourth-order valence-corrected chi connectivity index (χ4v) is 2.14. The van der Waals surface area contributed by atoms with Crippen LogP contribution in [0.4, 0.5) is 0 Å². The molecule has 1 heteroatoms. The molecule has 0 aliphatic carbocycles. The Hall–Kier alpha value is -1.11. The van der Waals surface area contributed by atoms with Crippen LogP contribution in [-0.2, 0) is 12.8 Å². The molecule has 0 radical (unpaired) electrons. The van der Waals surface area contributed by atoms with Crippen LogP contribution in [0.2, 0.25) is 0 Å². The zero-order chi connectivity index (χ0) is 12.0. The Balaban J connectivity index is 2.95. The molecule has 0 saturated heterocycles. The van der Waals surface area contributed by atoms with Gasteiger partial charge in [0.15, 0.2) is 5.78 Å². The van der Waals surface area contributed by atoms with Gasteiger partial charge in [-0.15, -0.1) is 0 Å². The lowest BCUT2D eigenvalue weighted by molar-refractivity contribution is 0.101. The molecule has 0 saturated carbocycles. The molecule has 0 amide bonds. The monoisotopic (exact) mass is 218 g/mol. The highest BCUT2D eigenvalue weighted by atomic mass is 16.1. The van der Waals surface area contributed by atoms with Crippen molar-refractivity contribution in [2.75, 3.05) is 0 Å². The number of rotatable bonds is 6. The van der Waals surface area contributed by atoms with Gasteiger partial charge in [-0.25, -0.2) is 0 Å². The van der Waals surface area contributed by atoms with Gasteiger partial charge < -0.3 is 0 Å². The first-order chi connectivity index (χ1) is 7.70. The minimum absolute atomic E-state index is 0.196. The van der Waals surface area contributed by atoms with Crippen LogP contribution in [-0.4, -0.2) is 5.78 Å². The second-order valence-corrected chi connectivity index (χ2v) is 4.31. The molecule has 0 spiro atoms. The third kappa shape index (κ3) is 3.19. The molecular formula is C15H22O. The Morgan fingerprint density at radius 2 is 1.94 bits per heavy atom. The van der Waals surface area contributed by atoms with E-state index < -0.39 is 0 Å². The summed E-state index contributed by atoms with van der Waals surface area (Å²) < 4.78 is 0. The van der Waals surface area contributed by atoms with Crippen LogP contribution in [0, 0.1) is 0 Å². The standard InChI is InChI=1S/C15H22O/c1-4-6-7-10-15-13(5-2)9-8-11-14(15)12(3)16/h8-9,11H,4-7,10H2,1-3H3. The van der Waals surface area contributed by atoms with E-state index in [1.54, 1.807) is 6.92 Å². The number of carbonyl (C=O) groups excluding carboxylic acids is 1. The van der Waals surface area contributed by atoms with Crippen molar-refractivity contribution in [3.63, 3.8) is 0 Å². The number of unbranched alkanes of at least 4 members (excludes halogenated alkanes) is 2. The highest BCUT2D eigenvalue weighted by molar-refractivity contribution is 5.95. The Kier molecular flexibility index (Phi) is 5.24. The molecule has 0 aliphatic heterocycles. The summed E-state index contributed by atoms with van der Waals surface area (Å²) in [7, 11) is 0. The lowest BCUT2D eigenvalue weighted by atomic mass is 9.93. The van der Waals surface area contributed by atoms with Crippen molar-refractivity contribution in [3.05, 3.63) is 34.9 Å². The number of Topliss-reactive ketones (excluding diaryl/α,β-unsaturated/α-hetero) is 1. The van der Waals surface area contributed by atoms with Crippen molar-refractivity contribution in [1.29, 1.82) is 0 Å². The highest BCUT2D eigenvalue weighted by Gasteiger charge is 2.09. The van der Waals surface area contributed by atoms with Gasteiger partial charge in [0, 0.05) is 5.56 Å². The normalized spacial score (nSPS) is 10.4. The van der Waals surface area contributed by atoms with Crippen LogP contribution in [0.25, 0.3) is 0 Å². The molecule has 16 heavy (non-hydrogen) atoms. The third-order valence-electron chi connectivity index (χ3n) is 3.06. The second kappa shape index (κ2) is 6.47. The molecule has 1 rings (SSSR count). The van der Waals surface area contributed by atoms with Gasteiger partial charge in [0.2, 0.25) is 0 Å². The maximum Gasteiger partial charge on any atom is 0.160 e. The SMILES string of the molecule is CCCCCc1c(CC)cccc1C(C)=O. The molecule has 1 aromatic carbocycles. The number of aryl methyl sites for hydroxylation is 1. The fraction of sp³-hybridized carbons (Fsp3) is 0.533. The van der Waals surface area contributed by atoms with Gasteiger partial charge in [0.1, 0.15) is 0 Å². The fourth-order valence-electron chi connectivity index (χ4n) is 2.14. The molecule has 0 aromatic heterocycles. The molecule has 0 aliphatic rings. The molecule has 0 fully saturated rings. The van der Waals surface area contributed by atoms with Crippen molar-refractivity contribution >= 4 is 5.78 Å². The maximum absolute atomic E-state index is 11.6. The van der Waals surface area contributed by atoms with E-state index in [0.29, 0.717) is 0 Å². The third-order valence-corrected chi connectivity index (χ3v) is 3.06. The van der Waals surface area contributed by atoms with Gasteiger partial charge >= 0.3 is 0 Å². The largest absolute Gasteiger partial charge is 0.295 e. The zero-order valence-electron chi connectivity index (χ0n) is 10.7. The molecule has 0 bridgehead atoms. The first-order valence-corrected chi connectivity index (χ1v) is 6.32. The van der Waals surface area contributed by atoms with E-state index >= 15 is 0 Å². The van der Waals surface area contributed by atoms with Crippen molar-refractivity contribution in [2.45, 2.75) is 52.9 Å². The summed E-state index contributed by atoms with van der Waals surface area (Å²) in [4.78, 5) is 11.6. The number of ketones is 1. The van der Waals surface area contributed by atoms with E-state index in [9.17, 15) is 4.79 Å². The topological polar surface area (TPSA) is 17.1 Å². The quantitative estimate of drug-likeness (QED) is 0.517. The van der Waals surface area contributed by atoms with Crippen molar-refractivity contribution in [2.24, 2.45) is 0 Å². The van der Waals surface area contributed by atoms with Crippen LogP contribution in [0.1, 0.15) is 61.5 Å². The molecule has 0 atom stereocenters. The van der Waals surface area contributed by atoms with Crippen LogP contribution < -0.4 is 0 Å². The predicted octanol–water partition coefficient (Wildman–Crippen LogP) is 4.18. The number of carbonyl (C=O) groups is 1. The van der Waals surface area contributed by atoms with E-state index in [1.807, 2.05) is 12.1 Å². The smallest absolute Gasteiger partial charge is 0.160 e. The van der Waals surface area contributed by atoms with E-state index in [2.05, 4.69) is 19.9 Å². The summed E-state index contributed by atoms with van der Waals surface area (Å²) in [5.74, 6) is 0.196. The first-order valence-electron chi connectivity index (χ1n) is 6.32. The van der Waals surface area contributed by atoms with Crippen LogP contribution in [0.3, 0.4) is 0 Å². The summed E-state index contributed by atoms with van der Waals surface area (Å²) in [5, 5.41) is 0. The molecule has 0 unspecified atom stereocenters. The summed E-state index contributed by atoms with van der Waals surface area (Å²) in [6, 6.07) is 6.11. The number of hydrogen-bond donors (Lipinski definition) is 0. The average molecular weight is 218 g/mol. The first kappa shape index (κ1) is 13.0. The number of hydrogen-bond acceptors (Lipinski definition) is 1. The maximum atomic E-state index is 11.6. The molecule has 88 valence electrons. The summed E-state index contributed by atoms with van der Waals surface area (Å²) >= 11 is 0. The lowest BCUT2D eigenvalue weighted by Gasteiger charge is -2.11. The van der Waals surface area contributed by atoms with Gasteiger partial charge in [-0.05, 0) is 37.3 Å². The Labute approximate surface area is 98.9 Å². The predicted molar refractivity (Wildman–Crippen MR) is 69.1 cm³/mol. The lowest BCUT2D eigenvalue weighted by Crippen LogP contribution is -2.03. The molecular weight excluding hydrogens is 196 g/mol. The second-order valence-electron chi connectivity index (χ2n) is 4.31. The van der Waals surface area contributed by atoms with Gasteiger partial charge in [0.05, 0.1) is 0 Å². The zero-order valence-corrected chi connectivity index (χ0v) is 10.7. The van der Waals surface area contributed by atoms with Gasteiger partial charge in [0.25, 0.3) is 0 Å². The Morgan fingerprint density at radius 1 is 1.19 bits per heavy atom. The molecule has 1 aromatic rings. The Morgan fingerprint density at radius 3 is 2.50 bits per heavy atom. The summed E-state index contributed by atoms with van der Waals surface area (Å²) in [6.45, 7) is 6.03. The minimum atomic E-state index is 0.196. The number of benzene rings is 1. The Bertz CT molecular complexity index is 352. The van der Waals surface area contributed by atoms with E-state index in [0.717, 1.165) is 18.4 Å². The van der Waals surface area contributed by atoms with Crippen LogP contribution in [0.5, 0.6) is 0 Å². The summed E-state index contributed by atoms with van der Waals surface area (Å²) in [5.41, 5.74) is 3.55. The average Bonchev–Trinajstić information content (AvgIpc) is 2.29. The van der Waals surface area contributed by atoms with E-state index in [1.165, 1.54) is 30.4 Å². The highest BCUT2D eigenvalue weighted by Crippen LogP contribution is 2.19. The van der Waals surface area contributed by atoms with E-state index in [4.69, 9.17) is 0 Å². The van der Waals surface area contributed by atoms with E-state index in [-0.39, 0.29) is 5.78 Å². The minimum Gasteiger partial charge on any atom is -0.295 e. The molecule has 0 N–H and O–H groups in total.